The van der Waals surface area contributed by atoms with E-state index in [1.165, 1.54) is 19.1 Å². The predicted molar refractivity (Wildman–Crippen MR) is 59.2 cm³/mol. The minimum atomic E-state index is -3.55. The standard InChI is InChI=1S/C9H11FN2O3S/c1-6(13)11-7-3-4-8(10)9(5-7)12-16(2,14)15/h3-5,12H,1-2H3,(H,11,13). The van der Waals surface area contributed by atoms with E-state index < -0.39 is 15.8 Å². The Morgan fingerprint density at radius 3 is 2.50 bits per heavy atom. The van der Waals surface area contributed by atoms with Gasteiger partial charge in [0.25, 0.3) is 0 Å². The third kappa shape index (κ3) is 3.85. The van der Waals surface area contributed by atoms with Gasteiger partial charge in [-0.1, -0.05) is 0 Å². The summed E-state index contributed by atoms with van der Waals surface area (Å²) in [7, 11) is -3.55. The molecule has 1 aromatic rings. The van der Waals surface area contributed by atoms with Gasteiger partial charge in [-0.25, -0.2) is 12.8 Å². The van der Waals surface area contributed by atoms with Crippen LogP contribution in [0.5, 0.6) is 0 Å². The molecule has 2 N–H and O–H groups in total. The molecule has 0 spiro atoms. The Bertz CT molecular complexity index is 513. The molecule has 0 aliphatic carbocycles. The third-order valence-electron chi connectivity index (χ3n) is 1.58. The van der Waals surface area contributed by atoms with Gasteiger partial charge in [-0.2, -0.15) is 0 Å². The van der Waals surface area contributed by atoms with E-state index in [2.05, 4.69) is 5.32 Å². The van der Waals surface area contributed by atoms with Crippen molar-refractivity contribution in [1.29, 1.82) is 0 Å². The highest BCUT2D eigenvalue weighted by molar-refractivity contribution is 7.92. The molecular weight excluding hydrogens is 235 g/mol. The van der Waals surface area contributed by atoms with Gasteiger partial charge in [0.1, 0.15) is 5.82 Å². The molecule has 0 heterocycles. The molecule has 0 saturated heterocycles. The SMILES string of the molecule is CC(=O)Nc1ccc(F)c(NS(C)(=O)=O)c1. The lowest BCUT2D eigenvalue weighted by Crippen LogP contribution is -2.12. The zero-order chi connectivity index (χ0) is 12.3. The van der Waals surface area contributed by atoms with Crippen LogP contribution in [0.25, 0.3) is 0 Å². The van der Waals surface area contributed by atoms with E-state index in [-0.39, 0.29) is 11.6 Å². The first-order chi connectivity index (χ1) is 7.28. The van der Waals surface area contributed by atoms with E-state index >= 15 is 0 Å². The van der Waals surface area contributed by atoms with Crippen LogP contribution in [-0.2, 0) is 14.8 Å². The summed E-state index contributed by atoms with van der Waals surface area (Å²) in [6.07, 6.45) is 0.914. The number of benzene rings is 1. The number of amides is 1. The molecule has 0 unspecified atom stereocenters. The van der Waals surface area contributed by atoms with E-state index in [1.54, 1.807) is 0 Å². The first-order valence-corrected chi connectivity index (χ1v) is 6.22. The van der Waals surface area contributed by atoms with Crippen molar-refractivity contribution in [2.75, 3.05) is 16.3 Å². The van der Waals surface area contributed by atoms with Gasteiger partial charge in [-0.15, -0.1) is 0 Å². The molecule has 0 radical (unpaired) electrons. The smallest absolute Gasteiger partial charge is 0.229 e. The highest BCUT2D eigenvalue weighted by Gasteiger charge is 2.08. The van der Waals surface area contributed by atoms with E-state index in [0.717, 1.165) is 12.3 Å². The molecule has 0 aliphatic rings. The minimum absolute atomic E-state index is 0.200. The van der Waals surface area contributed by atoms with E-state index in [9.17, 15) is 17.6 Å². The van der Waals surface area contributed by atoms with Gasteiger partial charge in [0.2, 0.25) is 15.9 Å². The molecule has 0 bridgehead atoms. The van der Waals surface area contributed by atoms with Gasteiger partial charge < -0.3 is 5.32 Å². The molecule has 5 nitrogen and oxygen atoms in total. The summed E-state index contributed by atoms with van der Waals surface area (Å²) in [5.41, 5.74) is 0.119. The fourth-order valence-electron chi connectivity index (χ4n) is 1.08. The number of sulfonamides is 1. The van der Waals surface area contributed by atoms with E-state index in [0.29, 0.717) is 5.69 Å². The first kappa shape index (κ1) is 12.4. The van der Waals surface area contributed by atoms with Gasteiger partial charge >= 0.3 is 0 Å². The summed E-state index contributed by atoms with van der Waals surface area (Å²) in [5.74, 6) is -1.03. The maximum absolute atomic E-state index is 13.2. The molecule has 0 fully saturated rings. The number of hydrogen-bond donors (Lipinski definition) is 2. The molecular formula is C9H11FN2O3S. The molecule has 0 aliphatic heterocycles. The molecule has 0 atom stereocenters. The Morgan fingerprint density at radius 2 is 2.00 bits per heavy atom. The second kappa shape index (κ2) is 4.48. The zero-order valence-corrected chi connectivity index (χ0v) is 9.56. The normalized spacial score (nSPS) is 10.9. The van der Waals surface area contributed by atoms with Crippen LogP contribution in [0.15, 0.2) is 18.2 Å². The van der Waals surface area contributed by atoms with Crippen molar-refractivity contribution in [3.05, 3.63) is 24.0 Å². The number of anilines is 2. The van der Waals surface area contributed by atoms with Gasteiger partial charge in [-0.05, 0) is 18.2 Å². The fourth-order valence-corrected chi connectivity index (χ4v) is 1.64. The summed E-state index contributed by atoms with van der Waals surface area (Å²) in [4.78, 5) is 10.8. The number of nitrogens with one attached hydrogen (secondary N) is 2. The second-order valence-electron chi connectivity index (χ2n) is 3.25. The lowest BCUT2D eigenvalue weighted by atomic mass is 10.2. The average molecular weight is 246 g/mol. The lowest BCUT2D eigenvalue weighted by Gasteiger charge is -2.08. The van der Waals surface area contributed by atoms with Crippen molar-refractivity contribution >= 4 is 27.3 Å². The van der Waals surface area contributed by atoms with Gasteiger partial charge in [-0.3, -0.25) is 9.52 Å². The average Bonchev–Trinajstić information content (AvgIpc) is 2.07. The molecule has 1 aromatic carbocycles. The summed E-state index contributed by atoms with van der Waals surface area (Å²) in [6, 6.07) is 3.61. The zero-order valence-electron chi connectivity index (χ0n) is 8.74. The van der Waals surface area contributed by atoms with Crippen molar-refractivity contribution < 1.29 is 17.6 Å². The molecule has 1 rings (SSSR count). The molecule has 1 amide bonds. The first-order valence-electron chi connectivity index (χ1n) is 4.33. The quantitative estimate of drug-likeness (QED) is 0.840. The van der Waals surface area contributed by atoms with Crippen LogP contribution in [0.1, 0.15) is 6.92 Å². The summed E-state index contributed by atoms with van der Waals surface area (Å²) < 4.78 is 37.0. The van der Waals surface area contributed by atoms with Crippen molar-refractivity contribution in [1.82, 2.24) is 0 Å². The molecule has 16 heavy (non-hydrogen) atoms. The third-order valence-corrected chi connectivity index (χ3v) is 2.17. The Hall–Kier alpha value is -1.63. The van der Waals surface area contributed by atoms with Crippen LogP contribution >= 0.6 is 0 Å². The molecule has 7 heteroatoms. The number of rotatable bonds is 3. The Labute approximate surface area is 92.7 Å². The minimum Gasteiger partial charge on any atom is -0.326 e. The van der Waals surface area contributed by atoms with Crippen molar-refractivity contribution in [3.63, 3.8) is 0 Å². The number of carbonyl (C=O) groups is 1. The Kier molecular flexibility index (Phi) is 3.48. The summed E-state index contributed by atoms with van der Waals surface area (Å²) in [5, 5.41) is 2.42. The van der Waals surface area contributed by atoms with Crippen LogP contribution in [0.4, 0.5) is 15.8 Å². The topological polar surface area (TPSA) is 75.3 Å². The summed E-state index contributed by atoms with van der Waals surface area (Å²) >= 11 is 0. The predicted octanol–water partition coefficient (Wildman–Crippen LogP) is 1.16. The van der Waals surface area contributed by atoms with Crippen LogP contribution in [-0.4, -0.2) is 20.6 Å². The second-order valence-corrected chi connectivity index (χ2v) is 5.00. The Balaban J connectivity index is 3.04. The number of halogens is 1. The van der Waals surface area contributed by atoms with Crippen LogP contribution in [0.2, 0.25) is 0 Å². The Morgan fingerprint density at radius 1 is 1.38 bits per heavy atom. The van der Waals surface area contributed by atoms with Gasteiger partial charge in [0, 0.05) is 12.6 Å². The highest BCUT2D eigenvalue weighted by Crippen LogP contribution is 2.20. The van der Waals surface area contributed by atoms with E-state index in [1.807, 2.05) is 4.72 Å². The van der Waals surface area contributed by atoms with Crippen LogP contribution < -0.4 is 10.0 Å². The largest absolute Gasteiger partial charge is 0.326 e. The van der Waals surface area contributed by atoms with Gasteiger partial charge in [0.15, 0.2) is 0 Å². The van der Waals surface area contributed by atoms with Crippen LogP contribution in [0.3, 0.4) is 0 Å². The van der Waals surface area contributed by atoms with Crippen molar-refractivity contribution in [2.45, 2.75) is 6.92 Å². The fraction of sp³-hybridized carbons (Fsp3) is 0.222. The number of carbonyl (C=O) groups excluding carboxylic acids is 1. The molecule has 0 saturated carbocycles. The highest BCUT2D eigenvalue weighted by atomic mass is 32.2. The molecule has 88 valence electrons. The molecule has 0 aromatic heterocycles. The lowest BCUT2D eigenvalue weighted by molar-refractivity contribution is -0.114. The van der Waals surface area contributed by atoms with Crippen LogP contribution in [0, 0.1) is 5.82 Å². The van der Waals surface area contributed by atoms with Gasteiger partial charge in [0.05, 0.1) is 11.9 Å². The maximum Gasteiger partial charge on any atom is 0.229 e. The van der Waals surface area contributed by atoms with E-state index in [4.69, 9.17) is 0 Å². The monoisotopic (exact) mass is 246 g/mol. The number of hydrogen-bond acceptors (Lipinski definition) is 3. The summed E-state index contributed by atoms with van der Waals surface area (Å²) in [6.45, 7) is 1.30. The maximum atomic E-state index is 13.2. The van der Waals surface area contributed by atoms with Crippen molar-refractivity contribution in [3.8, 4) is 0 Å². The van der Waals surface area contributed by atoms with Crippen molar-refractivity contribution in [2.24, 2.45) is 0 Å².